The molecule has 2 rings (SSSR count). The van der Waals surface area contributed by atoms with Crippen molar-refractivity contribution < 1.29 is 9.53 Å². The van der Waals surface area contributed by atoms with Gasteiger partial charge in [-0.3, -0.25) is 0 Å². The fraction of sp³-hybridized carbons (Fsp3) is 0.412. The van der Waals surface area contributed by atoms with Crippen molar-refractivity contribution in [3.05, 3.63) is 35.4 Å². The third kappa shape index (κ3) is 3.79. The summed E-state index contributed by atoms with van der Waals surface area (Å²) in [5, 5.41) is 8.99. The molecule has 116 valence electrons. The molecule has 2 N–H and O–H groups in total. The Morgan fingerprint density at radius 2 is 2.14 bits per heavy atom. The van der Waals surface area contributed by atoms with Crippen molar-refractivity contribution in [2.45, 2.75) is 32.8 Å². The van der Waals surface area contributed by atoms with Crippen LogP contribution in [0.4, 0.5) is 10.5 Å². The van der Waals surface area contributed by atoms with Crippen LogP contribution in [0.3, 0.4) is 0 Å². The van der Waals surface area contributed by atoms with E-state index in [0.717, 1.165) is 11.1 Å². The maximum Gasteiger partial charge on any atom is 0.410 e. The van der Waals surface area contributed by atoms with Gasteiger partial charge in [-0.1, -0.05) is 6.08 Å². The minimum Gasteiger partial charge on any atom is -0.444 e. The van der Waals surface area contributed by atoms with E-state index in [9.17, 15) is 4.79 Å². The predicted molar refractivity (Wildman–Crippen MR) is 86.0 cm³/mol. The van der Waals surface area contributed by atoms with E-state index in [4.69, 9.17) is 15.7 Å². The summed E-state index contributed by atoms with van der Waals surface area (Å²) in [6, 6.07) is 7.36. The van der Waals surface area contributed by atoms with Gasteiger partial charge in [0.05, 0.1) is 11.6 Å². The zero-order valence-electron chi connectivity index (χ0n) is 13.2. The van der Waals surface area contributed by atoms with Crippen LogP contribution in [-0.2, 0) is 4.74 Å². The Hall–Kier alpha value is -2.48. The second-order valence-electron chi connectivity index (χ2n) is 6.32. The van der Waals surface area contributed by atoms with E-state index in [-0.39, 0.29) is 6.09 Å². The predicted octanol–water partition coefficient (Wildman–Crippen LogP) is 3.16. The van der Waals surface area contributed by atoms with E-state index >= 15 is 0 Å². The normalized spacial score (nSPS) is 15.0. The number of carbonyl (C=O) groups is 1. The smallest absolute Gasteiger partial charge is 0.410 e. The van der Waals surface area contributed by atoms with Gasteiger partial charge in [-0.25, -0.2) is 4.79 Å². The van der Waals surface area contributed by atoms with Gasteiger partial charge in [0.15, 0.2) is 0 Å². The standard InChI is InChI=1S/C17H21N3O2/c1-17(2,3)22-16(21)20-8-6-13(7-9-20)14-10-12(11-18)4-5-15(14)19/h4-6,10H,7-9,19H2,1-3H3. The molecule has 1 amide bonds. The lowest BCUT2D eigenvalue weighted by Gasteiger charge is -2.29. The first-order chi connectivity index (χ1) is 10.3. The van der Waals surface area contributed by atoms with Crippen LogP contribution >= 0.6 is 0 Å². The van der Waals surface area contributed by atoms with E-state index in [2.05, 4.69) is 6.07 Å². The summed E-state index contributed by atoms with van der Waals surface area (Å²) < 4.78 is 5.37. The van der Waals surface area contributed by atoms with Crippen LogP contribution in [0, 0.1) is 11.3 Å². The van der Waals surface area contributed by atoms with Crippen LogP contribution in [-0.4, -0.2) is 29.7 Å². The highest BCUT2D eigenvalue weighted by atomic mass is 16.6. The average Bonchev–Trinajstić information content (AvgIpc) is 2.46. The van der Waals surface area contributed by atoms with E-state index in [1.54, 1.807) is 23.1 Å². The van der Waals surface area contributed by atoms with Crippen LogP contribution in [0.5, 0.6) is 0 Å². The summed E-state index contributed by atoms with van der Waals surface area (Å²) in [6.45, 7) is 6.62. The molecular formula is C17H21N3O2. The molecule has 0 unspecified atom stereocenters. The third-order valence-corrected chi connectivity index (χ3v) is 3.39. The molecule has 1 aliphatic rings. The van der Waals surface area contributed by atoms with Crippen molar-refractivity contribution in [2.75, 3.05) is 18.8 Å². The highest BCUT2D eigenvalue weighted by Gasteiger charge is 2.24. The van der Waals surface area contributed by atoms with Crippen molar-refractivity contribution in [3.63, 3.8) is 0 Å². The molecule has 0 aromatic heterocycles. The maximum absolute atomic E-state index is 12.0. The van der Waals surface area contributed by atoms with E-state index in [0.29, 0.717) is 30.8 Å². The minimum absolute atomic E-state index is 0.304. The highest BCUT2D eigenvalue weighted by Crippen LogP contribution is 2.28. The molecule has 0 fully saturated rings. The van der Waals surface area contributed by atoms with Crippen LogP contribution in [0.2, 0.25) is 0 Å². The molecule has 0 aliphatic carbocycles. The van der Waals surface area contributed by atoms with Crippen molar-refractivity contribution in [2.24, 2.45) is 0 Å². The van der Waals surface area contributed by atoms with Gasteiger partial charge in [-0.2, -0.15) is 5.26 Å². The number of nitrogens with two attached hydrogens (primary N) is 1. The van der Waals surface area contributed by atoms with Crippen molar-refractivity contribution in [3.8, 4) is 6.07 Å². The quantitative estimate of drug-likeness (QED) is 0.808. The molecule has 0 atom stereocenters. The second-order valence-corrected chi connectivity index (χ2v) is 6.32. The number of ether oxygens (including phenoxy) is 1. The molecule has 1 aliphatic heterocycles. The van der Waals surface area contributed by atoms with Crippen LogP contribution < -0.4 is 5.73 Å². The van der Waals surface area contributed by atoms with Gasteiger partial charge >= 0.3 is 6.09 Å². The molecule has 0 spiro atoms. The van der Waals surface area contributed by atoms with Gasteiger partial charge in [-0.05, 0) is 51.0 Å². The molecule has 22 heavy (non-hydrogen) atoms. The number of hydrogen-bond donors (Lipinski definition) is 1. The molecule has 0 radical (unpaired) electrons. The van der Waals surface area contributed by atoms with Gasteiger partial charge in [0.2, 0.25) is 0 Å². The summed E-state index contributed by atoms with van der Waals surface area (Å²) in [6.07, 6.45) is 2.36. The Morgan fingerprint density at radius 3 is 2.68 bits per heavy atom. The zero-order valence-corrected chi connectivity index (χ0v) is 13.2. The number of nitrogens with zero attached hydrogens (tertiary/aromatic N) is 2. The topological polar surface area (TPSA) is 79.3 Å². The van der Waals surface area contributed by atoms with Gasteiger partial charge in [0, 0.05) is 24.3 Å². The minimum atomic E-state index is -0.493. The Balaban J connectivity index is 2.12. The fourth-order valence-corrected chi connectivity index (χ4v) is 2.31. The summed E-state index contributed by atoms with van der Waals surface area (Å²) in [5.41, 5.74) is 8.68. The van der Waals surface area contributed by atoms with Crippen LogP contribution in [0.15, 0.2) is 24.3 Å². The Bertz CT molecular complexity index is 651. The number of rotatable bonds is 1. The third-order valence-electron chi connectivity index (χ3n) is 3.39. The number of nitrogen functional groups attached to an aromatic ring is 1. The molecule has 0 saturated carbocycles. The summed E-state index contributed by atoms with van der Waals surface area (Å²) in [7, 11) is 0. The van der Waals surface area contributed by atoms with E-state index < -0.39 is 5.60 Å². The summed E-state index contributed by atoms with van der Waals surface area (Å²) in [4.78, 5) is 13.7. The van der Waals surface area contributed by atoms with Crippen LogP contribution in [0.1, 0.15) is 38.3 Å². The number of hydrogen-bond acceptors (Lipinski definition) is 4. The lowest BCUT2D eigenvalue weighted by atomic mass is 9.96. The first-order valence-electron chi connectivity index (χ1n) is 7.27. The number of amides is 1. The number of nitriles is 1. The Kier molecular flexibility index (Phi) is 4.41. The summed E-state index contributed by atoms with van der Waals surface area (Å²) >= 11 is 0. The van der Waals surface area contributed by atoms with E-state index in [1.165, 1.54) is 0 Å². The van der Waals surface area contributed by atoms with Gasteiger partial charge in [0.1, 0.15) is 5.60 Å². The molecule has 0 bridgehead atoms. The highest BCUT2D eigenvalue weighted by molar-refractivity contribution is 5.78. The largest absolute Gasteiger partial charge is 0.444 e. The van der Waals surface area contributed by atoms with E-state index in [1.807, 2.05) is 26.8 Å². The SMILES string of the molecule is CC(C)(C)OC(=O)N1CC=C(c2cc(C#N)ccc2N)CC1. The lowest BCUT2D eigenvalue weighted by Crippen LogP contribution is -2.39. The fourth-order valence-electron chi connectivity index (χ4n) is 2.31. The number of anilines is 1. The molecule has 5 heteroatoms. The summed E-state index contributed by atoms with van der Waals surface area (Å²) in [5.74, 6) is 0. The van der Waals surface area contributed by atoms with Crippen molar-refractivity contribution >= 4 is 17.4 Å². The maximum atomic E-state index is 12.0. The average molecular weight is 299 g/mol. The number of carbonyl (C=O) groups excluding carboxylic acids is 1. The van der Waals surface area contributed by atoms with Gasteiger partial charge in [0.25, 0.3) is 0 Å². The molecule has 1 aromatic rings. The first-order valence-corrected chi connectivity index (χ1v) is 7.27. The van der Waals surface area contributed by atoms with Gasteiger partial charge < -0.3 is 15.4 Å². The Labute approximate surface area is 131 Å². The second kappa shape index (κ2) is 6.10. The molecule has 0 saturated heterocycles. The first kappa shape index (κ1) is 15.9. The molecule has 5 nitrogen and oxygen atoms in total. The lowest BCUT2D eigenvalue weighted by molar-refractivity contribution is 0.0270. The number of benzene rings is 1. The zero-order chi connectivity index (χ0) is 16.3. The van der Waals surface area contributed by atoms with Crippen molar-refractivity contribution in [1.29, 1.82) is 5.26 Å². The Morgan fingerprint density at radius 1 is 1.41 bits per heavy atom. The van der Waals surface area contributed by atoms with Crippen LogP contribution in [0.25, 0.3) is 5.57 Å². The molecular weight excluding hydrogens is 278 g/mol. The molecule has 1 heterocycles. The molecule has 1 aromatic carbocycles. The van der Waals surface area contributed by atoms with Gasteiger partial charge in [-0.15, -0.1) is 0 Å². The van der Waals surface area contributed by atoms with Crippen molar-refractivity contribution in [1.82, 2.24) is 4.90 Å². The monoisotopic (exact) mass is 299 g/mol.